The molecule has 0 aliphatic carbocycles. The van der Waals surface area contributed by atoms with Crippen molar-refractivity contribution in [3.8, 4) is 16.5 Å². The van der Waals surface area contributed by atoms with Crippen molar-refractivity contribution < 1.29 is 0 Å². The van der Waals surface area contributed by atoms with Crippen molar-refractivity contribution in [2.75, 3.05) is 32.5 Å². The van der Waals surface area contributed by atoms with E-state index in [2.05, 4.69) is 82.1 Å². The number of pyridine rings is 1. The average Bonchev–Trinajstić information content (AvgIpc) is 3.49. The van der Waals surface area contributed by atoms with E-state index in [0.717, 1.165) is 62.6 Å². The molecular weight excluding hydrogens is 440 g/mol. The first-order chi connectivity index (χ1) is 16.6. The third kappa shape index (κ3) is 4.66. The molecule has 0 amide bonds. The van der Waals surface area contributed by atoms with Gasteiger partial charge < -0.3 is 20.5 Å². The van der Waals surface area contributed by atoms with Crippen molar-refractivity contribution >= 4 is 43.8 Å². The van der Waals surface area contributed by atoms with Crippen LogP contribution in [0.5, 0.6) is 0 Å². The number of benzene rings is 2. The Hall–Kier alpha value is -3.70. The van der Waals surface area contributed by atoms with E-state index in [0.29, 0.717) is 5.56 Å². The molecule has 0 aliphatic rings. The second-order valence-corrected chi connectivity index (χ2v) is 9.60. The highest BCUT2D eigenvalue weighted by atomic mass is 32.1. The monoisotopic (exact) mass is 466 g/mol. The van der Waals surface area contributed by atoms with E-state index in [4.69, 9.17) is 0 Å². The molecule has 0 radical (unpaired) electrons. The molecule has 0 aliphatic heterocycles. The number of nitrogens with zero attached hydrogens (tertiary/aromatic N) is 3. The van der Waals surface area contributed by atoms with Gasteiger partial charge in [-0.15, -0.1) is 11.3 Å². The summed E-state index contributed by atoms with van der Waals surface area (Å²) in [5, 5.41) is 18.8. The van der Waals surface area contributed by atoms with Gasteiger partial charge >= 0.3 is 0 Å². The van der Waals surface area contributed by atoms with Gasteiger partial charge in [-0.05, 0) is 61.6 Å². The molecule has 0 fully saturated rings. The molecular formula is C27H26N6S. The maximum atomic E-state index is 9.75. The minimum atomic E-state index is 0.532. The van der Waals surface area contributed by atoms with Gasteiger partial charge in [-0.3, -0.25) is 0 Å². The maximum Gasteiger partial charge on any atom is 0.126 e. The second-order valence-electron chi connectivity index (χ2n) is 8.57. The minimum absolute atomic E-state index is 0.532. The zero-order valence-corrected chi connectivity index (χ0v) is 20.0. The molecule has 0 saturated heterocycles. The van der Waals surface area contributed by atoms with Gasteiger partial charge in [0.05, 0.1) is 11.3 Å². The molecule has 3 aromatic heterocycles. The highest BCUT2D eigenvalue weighted by molar-refractivity contribution is 7.22. The fraction of sp³-hybridized carbons (Fsp3) is 0.185. The van der Waals surface area contributed by atoms with Crippen LogP contribution in [0.15, 0.2) is 67.0 Å². The number of fused-ring (bicyclic) bond motifs is 2. The number of likely N-dealkylation sites (N-methyl/N-ethyl adjacent to an activating group) is 1. The van der Waals surface area contributed by atoms with Gasteiger partial charge in [0.2, 0.25) is 0 Å². The number of H-pyrrole nitrogens is 1. The van der Waals surface area contributed by atoms with Crippen LogP contribution in [0.4, 0.5) is 11.4 Å². The van der Waals surface area contributed by atoms with Crippen LogP contribution in [-0.4, -0.2) is 42.1 Å². The SMILES string of the molecule is CN(C)CCNCc1cccc(-c2cc3c(Nc4ccc5[nH]ccc5c4)c(C#N)cnc3s2)c1. The van der Waals surface area contributed by atoms with E-state index < -0.39 is 0 Å². The van der Waals surface area contributed by atoms with Crippen molar-refractivity contribution in [2.45, 2.75) is 6.54 Å². The summed E-state index contributed by atoms with van der Waals surface area (Å²) < 4.78 is 0. The highest BCUT2D eigenvalue weighted by Crippen LogP contribution is 2.38. The lowest BCUT2D eigenvalue weighted by Gasteiger charge is -2.10. The molecule has 0 unspecified atom stereocenters. The van der Waals surface area contributed by atoms with Gasteiger partial charge in [-0.2, -0.15) is 5.26 Å². The van der Waals surface area contributed by atoms with Crippen LogP contribution in [0.3, 0.4) is 0 Å². The Morgan fingerprint density at radius 2 is 2.03 bits per heavy atom. The van der Waals surface area contributed by atoms with Crippen LogP contribution in [0.2, 0.25) is 0 Å². The molecule has 170 valence electrons. The zero-order valence-electron chi connectivity index (χ0n) is 19.2. The van der Waals surface area contributed by atoms with Gasteiger partial charge in [-0.25, -0.2) is 4.98 Å². The van der Waals surface area contributed by atoms with Gasteiger partial charge in [0.25, 0.3) is 0 Å². The molecule has 2 aromatic carbocycles. The number of thiophene rings is 1. The molecule has 0 spiro atoms. The fourth-order valence-corrected chi connectivity index (χ4v) is 5.00. The molecule has 7 heteroatoms. The van der Waals surface area contributed by atoms with Crippen LogP contribution in [0.25, 0.3) is 31.6 Å². The average molecular weight is 467 g/mol. The van der Waals surface area contributed by atoms with Crippen molar-refractivity contribution in [2.24, 2.45) is 0 Å². The second kappa shape index (κ2) is 9.65. The molecule has 5 rings (SSSR count). The lowest BCUT2D eigenvalue weighted by atomic mass is 10.1. The standard InChI is InChI=1S/C27H26N6S/c1-33(2)11-10-29-16-18-4-3-5-20(12-18)25-14-23-26(21(15-28)17-31-27(23)34-25)32-22-6-7-24-19(13-22)8-9-30-24/h3-9,12-14,17,29-30H,10-11,16H2,1-2H3,(H,31,32). The van der Waals surface area contributed by atoms with Gasteiger partial charge in [0, 0.05) is 58.9 Å². The summed E-state index contributed by atoms with van der Waals surface area (Å²) in [4.78, 5) is 12.0. The zero-order chi connectivity index (χ0) is 23.5. The summed E-state index contributed by atoms with van der Waals surface area (Å²) in [6.07, 6.45) is 3.59. The van der Waals surface area contributed by atoms with Crippen molar-refractivity contribution in [1.29, 1.82) is 5.26 Å². The van der Waals surface area contributed by atoms with E-state index in [1.165, 1.54) is 5.56 Å². The van der Waals surface area contributed by atoms with Crippen molar-refractivity contribution in [1.82, 2.24) is 20.2 Å². The number of aromatic nitrogens is 2. The van der Waals surface area contributed by atoms with Crippen LogP contribution in [0, 0.1) is 11.3 Å². The van der Waals surface area contributed by atoms with E-state index in [9.17, 15) is 5.26 Å². The smallest absolute Gasteiger partial charge is 0.126 e. The van der Waals surface area contributed by atoms with Crippen molar-refractivity contribution in [3.05, 3.63) is 78.1 Å². The number of hydrogen-bond donors (Lipinski definition) is 3. The lowest BCUT2D eigenvalue weighted by Crippen LogP contribution is -2.26. The lowest BCUT2D eigenvalue weighted by molar-refractivity contribution is 0.400. The Kier molecular flexibility index (Phi) is 6.28. The summed E-state index contributed by atoms with van der Waals surface area (Å²) in [6.45, 7) is 2.79. The minimum Gasteiger partial charge on any atom is -0.361 e. The molecule has 5 aromatic rings. The number of nitrogens with one attached hydrogen (secondary N) is 3. The van der Waals surface area contributed by atoms with Crippen molar-refractivity contribution in [3.63, 3.8) is 0 Å². The molecule has 34 heavy (non-hydrogen) atoms. The van der Waals surface area contributed by atoms with Crippen LogP contribution >= 0.6 is 11.3 Å². The molecule has 3 heterocycles. The van der Waals surface area contributed by atoms with E-state index in [1.54, 1.807) is 17.5 Å². The fourth-order valence-electron chi connectivity index (χ4n) is 4.00. The summed E-state index contributed by atoms with van der Waals surface area (Å²) in [5.41, 5.74) is 5.76. The third-order valence-corrected chi connectivity index (χ3v) is 6.87. The highest BCUT2D eigenvalue weighted by Gasteiger charge is 2.14. The Morgan fingerprint density at radius 1 is 1.12 bits per heavy atom. The van der Waals surface area contributed by atoms with Crippen LogP contribution < -0.4 is 10.6 Å². The number of nitriles is 1. The Balaban J connectivity index is 1.45. The third-order valence-electron chi connectivity index (χ3n) is 5.78. The maximum absolute atomic E-state index is 9.75. The largest absolute Gasteiger partial charge is 0.361 e. The Bertz CT molecular complexity index is 1490. The van der Waals surface area contributed by atoms with Crippen LogP contribution in [0.1, 0.15) is 11.1 Å². The number of hydrogen-bond acceptors (Lipinski definition) is 6. The van der Waals surface area contributed by atoms with E-state index >= 15 is 0 Å². The summed E-state index contributed by atoms with van der Waals surface area (Å²) >= 11 is 1.65. The Morgan fingerprint density at radius 3 is 2.88 bits per heavy atom. The first-order valence-electron chi connectivity index (χ1n) is 11.2. The molecule has 0 atom stereocenters. The van der Waals surface area contributed by atoms with E-state index in [1.807, 2.05) is 24.4 Å². The van der Waals surface area contributed by atoms with E-state index in [-0.39, 0.29) is 0 Å². The summed E-state index contributed by atoms with van der Waals surface area (Å²) in [5.74, 6) is 0. The number of aromatic amines is 1. The number of rotatable bonds is 8. The first-order valence-corrected chi connectivity index (χ1v) is 12.0. The predicted molar refractivity (Wildman–Crippen MR) is 142 cm³/mol. The first kappa shape index (κ1) is 22.1. The Labute approximate surface area is 202 Å². The molecule has 6 nitrogen and oxygen atoms in total. The molecule has 3 N–H and O–H groups in total. The number of anilines is 2. The normalized spacial score (nSPS) is 11.4. The van der Waals surface area contributed by atoms with Crippen LogP contribution in [-0.2, 0) is 6.54 Å². The predicted octanol–water partition coefficient (Wildman–Crippen LogP) is 5.71. The summed E-state index contributed by atoms with van der Waals surface area (Å²) in [7, 11) is 4.16. The van der Waals surface area contributed by atoms with Gasteiger partial charge in [0.15, 0.2) is 0 Å². The molecule has 0 bridgehead atoms. The molecule has 0 saturated carbocycles. The van der Waals surface area contributed by atoms with Gasteiger partial charge in [-0.1, -0.05) is 18.2 Å². The summed E-state index contributed by atoms with van der Waals surface area (Å²) in [6, 6.07) is 21.2. The topological polar surface area (TPSA) is 79.8 Å². The quantitative estimate of drug-likeness (QED) is 0.255. The van der Waals surface area contributed by atoms with Gasteiger partial charge in [0.1, 0.15) is 10.9 Å².